The molecular formula is C32H30O5. The molecule has 188 valence electrons. The summed E-state index contributed by atoms with van der Waals surface area (Å²) in [6.07, 6.45) is 5.50. The predicted octanol–water partition coefficient (Wildman–Crippen LogP) is 6.07. The lowest BCUT2D eigenvalue weighted by atomic mass is 9.67. The highest BCUT2D eigenvalue weighted by Crippen LogP contribution is 2.47. The van der Waals surface area contributed by atoms with E-state index in [2.05, 4.69) is 25.3 Å². The lowest BCUT2D eigenvalue weighted by molar-refractivity contribution is -0.139. The Kier molecular flexibility index (Phi) is 7.22. The molecule has 1 aliphatic carbocycles. The maximum atomic E-state index is 13.4. The molecule has 0 radical (unpaired) electrons. The van der Waals surface area contributed by atoms with Gasteiger partial charge in [-0.3, -0.25) is 4.79 Å². The number of ketones is 1. The molecule has 37 heavy (non-hydrogen) atoms. The molecule has 0 N–H and O–H groups in total. The molecule has 3 atom stereocenters. The summed E-state index contributed by atoms with van der Waals surface area (Å²) < 4.78 is 16.9. The van der Waals surface area contributed by atoms with Gasteiger partial charge in [0, 0.05) is 23.1 Å². The van der Waals surface area contributed by atoms with Crippen molar-refractivity contribution >= 4 is 11.8 Å². The van der Waals surface area contributed by atoms with Gasteiger partial charge in [-0.15, -0.1) is 6.58 Å². The van der Waals surface area contributed by atoms with Gasteiger partial charge in [0.05, 0.1) is 6.61 Å². The highest BCUT2D eigenvalue weighted by molar-refractivity contribution is 6.09. The fourth-order valence-corrected chi connectivity index (χ4v) is 5.59. The molecular weight excluding hydrogens is 464 g/mol. The topological polar surface area (TPSA) is 61.8 Å². The zero-order valence-corrected chi connectivity index (χ0v) is 20.7. The second-order valence-electron chi connectivity index (χ2n) is 9.52. The van der Waals surface area contributed by atoms with Gasteiger partial charge >= 0.3 is 5.97 Å². The molecule has 3 aromatic carbocycles. The molecule has 5 heteroatoms. The summed E-state index contributed by atoms with van der Waals surface area (Å²) in [5, 5.41) is 0. The highest BCUT2D eigenvalue weighted by Gasteiger charge is 2.37. The molecule has 0 fully saturated rings. The Bertz CT molecular complexity index is 1330. The Morgan fingerprint density at radius 2 is 1.73 bits per heavy atom. The summed E-state index contributed by atoms with van der Waals surface area (Å²) in [5.41, 5.74) is 4.69. The van der Waals surface area contributed by atoms with E-state index in [0.717, 1.165) is 35.5 Å². The molecule has 0 bridgehead atoms. The Morgan fingerprint density at radius 1 is 1.00 bits per heavy atom. The molecule has 3 aromatic rings. The Labute approximate surface area is 217 Å². The van der Waals surface area contributed by atoms with Crippen LogP contribution in [0.15, 0.2) is 92.0 Å². The van der Waals surface area contributed by atoms with Crippen molar-refractivity contribution in [2.24, 2.45) is 11.8 Å². The van der Waals surface area contributed by atoms with Gasteiger partial charge < -0.3 is 14.2 Å². The number of carbonyl (C=O) groups is 2. The van der Waals surface area contributed by atoms with Crippen LogP contribution >= 0.6 is 0 Å². The van der Waals surface area contributed by atoms with Crippen molar-refractivity contribution in [2.75, 3.05) is 13.4 Å². The number of esters is 1. The molecule has 0 saturated heterocycles. The quantitative estimate of drug-likeness (QED) is 0.156. The van der Waals surface area contributed by atoms with Gasteiger partial charge in [0.2, 0.25) is 6.79 Å². The average molecular weight is 495 g/mol. The third-order valence-electron chi connectivity index (χ3n) is 7.41. The van der Waals surface area contributed by atoms with Crippen LogP contribution in [0.3, 0.4) is 0 Å². The molecule has 5 rings (SSSR count). The van der Waals surface area contributed by atoms with Crippen LogP contribution in [0, 0.1) is 11.8 Å². The van der Waals surface area contributed by atoms with Crippen LogP contribution in [0.4, 0.5) is 0 Å². The van der Waals surface area contributed by atoms with Crippen LogP contribution in [0.2, 0.25) is 0 Å². The van der Waals surface area contributed by atoms with E-state index in [1.54, 1.807) is 0 Å². The van der Waals surface area contributed by atoms with Gasteiger partial charge in [0.1, 0.15) is 0 Å². The third kappa shape index (κ3) is 5.08. The Balaban J connectivity index is 1.50. The maximum absolute atomic E-state index is 13.4. The first-order chi connectivity index (χ1) is 18.1. The normalized spacial score (nSPS) is 18.4. The SMILES string of the molecule is C=CC(=O)OC[C@H]1CCc2cc3c(cc2[C@H]1C(C=C)Cc1ccccc1C(=O)c1ccccc1)OCO3. The van der Waals surface area contributed by atoms with Gasteiger partial charge in [-0.1, -0.05) is 67.3 Å². The number of rotatable bonds is 9. The molecule has 0 saturated carbocycles. The van der Waals surface area contributed by atoms with Crippen molar-refractivity contribution in [3.05, 3.63) is 120 Å². The number of ether oxygens (including phenoxy) is 3. The van der Waals surface area contributed by atoms with Crippen LogP contribution in [0.5, 0.6) is 11.5 Å². The summed E-state index contributed by atoms with van der Waals surface area (Å²) >= 11 is 0. The minimum absolute atomic E-state index is 0.00267. The monoisotopic (exact) mass is 494 g/mol. The zero-order chi connectivity index (χ0) is 25.8. The highest BCUT2D eigenvalue weighted by atomic mass is 16.7. The standard InChI is InChI=1S/C32H30O5/c1-3-21(16-23-12-8-9-13-26(23)32(34)22-10-6-5-7-11-22)31-25(19-35-30(33)4-2)15-14-24-17-28-29(18-27(24)31)37-20-36-28/h3-13,17-18,21,25,31H,1-2,14-16,19-20H2/t21?,25-,31+/m1/s1. The summed E-state index contributed by atoms with van der Waals surface area (Å²) in [6.45, 7) is 8.22. The van der Waals surface area contributed by atoms with Crippen LogP contribution in [-0.2, 0) is 22.4 Å². The van der Waals surface area contributed by atoms with E-state index in [1.165, 1.54) is 11.6 Å². The van der Waals surface area contributed by atoms with Gasteiger partial charge in [0.15, 0.2) is 17.3 Å². The number of benzene rings is 3. The van der Waals surface area contributed by atoms with Gasteiger partial charge in [-0.2, -0.15) is 0 Å². The summed E-state index contributed by atoms with van der Waals surface area (Å²) in [6, 6.07) is 21.3. The van der Waals surface area contributed by atoms with Gasteiger partial charge in [0.25, 0.3) is 0 Å². The minimum atomic E-state index is -0.427. The Morgan fingerprint density at radius 3 is 2.49 bits per heavy atom. The first-order valence-electron chi connectivity index (χ1n) is 12.6. The van der Waals surface area contributed by atoms with E-state index in [0.29, 0.717) is 24.2 Å². The minimum Gasteiger partial charge on any atom is -0.462 e. The number of hydrogen-bond acceptors (Lipinski definition) is 5. The van der Waals surface area contributed by atoms with Crippen LogP contribution < -0.4 is 9.47 Å². The van der Waals surface area contributed by atoms with E-state index >= 15 is 0 Å². The molecule has 1 aliphatic heterocycles. The first-order valence-corrected chi connectivity index (χ1v) is 12.6. The second kappa shape index (κ2) is 10.9. The maximum Gasteiger partial charge on any atom is 0.330 e. The van der Waals surface area contributed by atoms with E-state index < -0.39 is 5.97 Å². The number of fused-ring (bicyclic) bond motifs is 2. The van der Waals surface area contributed by atoms with Crippen molar-refractivity contribution < 1.29 is 23.8 Å². The van der Waals surface area contributed by atoms with Gasteiger partial charge in [-0.25, -0.2) is 4.79 Å². The molecule has 1 heterocycles. The van der Waals surface area contributed by atoms with E-state index in [-0.39, 0.29) is 30.3 Å². The first kappa shape index (κ1) is 24.6. The van der Waals surface area contributed by atoms with Crippen molar-refractivity contribution in [1.82, 2.24) is 0 Å². The van der Waals surface area contributed by atoms with Crippen LogP contribution in [-0.4, -0.2) is 25.2 Å². The third-order valence-corrected chi connectivity index (χ3v) is 7.41. The van der Waals surface area contributed by atoms with E-state index in [9.17, 15) is 9.59 Å². The predicted molar refractivity (Wildman–Crippen MR) is 142 cm³/mol. The van der Waals surface area contributed by atoms with Crippen LogP contribution in [0.25, 0.3) is 0 Å². The van der Waals surface area contributed by atoms with Crippen molar-refractivity contribution in [3.8, 4) is 11.5 Å². The van der Waals surface area contributed by atoms with E-state index in [1.807, 2.05) is 60.7 Å². The molecule has 0 amide bonds. The second-order valence-corrected chi connectivity index (χ2v) is 9.52. The number of allylic oxidation sites excluding steroid dienone is 1. The lowest BCUT2D eigenvalue weighted by Crippen LogP contribution is -2.31. The molecule has 0 aromatic heterocycles. The van der Waals surface area contributed by atoms with Crippen molar-refractivity contribution in [3.63, 3.8) is 0 Å². The number of carbonyl (C=O) groups excluding carboxylic acids is 2. The van der Waals surface area contributed by atoms with Crippen LogP contribution in [0.1, 0.15) is 45.0 Å². The lowest BCUT2D eigenvalue weighted by Gasteiger charge is -2.38. The smallest absolute Gasteiger partial charge is 0.330 e. The fourth-order valence-electron chi connectivity index (χ4n) is 5.59. The van der Waals surface area contributed by atoms with E-state index in [4.69, 9.17) is 14.2 Å². The fraction of sp³-hybridized carbons (Fsp3) is 0.250. The molecule has 5 nitrogen and oxygen atoms in total. The zero-order valence-electron chi connectivity index (χ0n) is 20.7. The van der Waals surface area contributed by atoms with Gasteiger partial charge in [-0.05, 0) is 59.9 Å². The summed E-state index contributed by atoms with van der Waals surface area (Å²) in [7, 11) is 0. The largest absolute Gasteiger partial charge is 0.462 e. The van der Waals surface area contributed by atoms with Crippen molar-refractivity contribution in [1.29, 1.82) is 0 Å². The average Bonchev–Trinajstić information content (AvgIpc) is 3.41. The summed E-state index contributed by atoms with van der Waals surface area (Å²) in [4.78, 5) is 25.3. The number of hydrogen-bond donors (Lipinski definition) is 0. The molecule has 0 spiro atoms. The molecule has 2 aliphatic rings. The Hall–Kier alpha value is -4.12. The number of aryl methyl sites for hydroxylation is 1. The summed E-state index contributed by atoms with van der Waals surface area (Å²) in [5.74, 6) is 1.17. The van der Waals surface area contributed by atoms with Crippen molar-refractivity contribution in [2.45, 2.75) is 25.2 Å². The molecule has 1 unspecified atom stereocenters.